The zero-order valence-corrected chi connectivity index (χ0v) is 19.9. The number of aromatic nitrogens is 2. The SMILES string of the molecule is COC(=O)C1CC2(CC(C(=O)Nc3ccc(Nc4nc(-c5ccccc5)ccc4N)nc3C)C2)C1. The van der Waals surface area contributed by atoms with E-state index in [-0.39, 0.29) is 29.1 Å². The molecule has 0 radical (unpaired) electrons. The molecule has 2 aliphatic carbocycles. The van der Waals surface area contributed by atoms with Crippen molar-refractivity contribution in [3.8, 4) is 11.3 Å². The van der Waals surface area contributed by atoms with Gasteiger partial charge in [0, 0.05) is 11.5 Å². The highest BCUT2D eigenvalue weighted by Crippen LogP contribution is 2.61. The van der Waals surface area contributed by atoms with Crippen molar-refractivity contribution in [2.45, 2.75) is 32.6 Å². The number of pyridine rings is 2. The normalized spacial score (nSPS) is 22.6. The Morgan fingerprint density at radius 3 is 2.37 bits per heavy atom. The van der Waals surface area contributed by atoms with Crippen LogP contribution in [0.3, 0.4) is 0 Å². The molecule has 8 heteroatoms. The first-order chi connectivity index (χ1) is 16.9. The molecule has 0 atom stereocenters. The van der Waals surface area contributed by atoms with Crippen molar-refractivity contribution >= 4 is 34.9 Å². The van der Waals surface area contributed by atoms with Crippen molar-refractivity contribution in [3.63, 3.8) is 0 Å². The summed E-state index contributed by atoms with van der Waals surface area (Å²) in [5.74, 6) is 0.950. The Morgan fingerprint density at radius 2 is 1.69 bits per heavy atom. The van der Waals surface area contributed by atoms with Gasteiger partial charge in [-0.05, 0) is 62.3 Å². The van der Waals surface area contributed by atoms with Gasteiger partial charge in [0.1, 0.15) is 5.82 Å². The van der Waals surface area contributed by atoms with Crippen molar-refractivity contribution < 1.29 is 14.3 Å². The largest absolute Gasteiger partial charge is 0.469 e. The molecule has 2 heterocycles. The Morgan fingerprint density at radius 1 is 0.971 bits per heavy atom. The van der Waals surface area contributed by atoms with Gasteiger partial charge in [-0.25, -0.2) is 9.97 Å². The van der Waals surface area contributed by atoms with Crippen LogP contribution < -0.4 is 16.4 Å². The van der Waals surface area contributed by atoms with Gasteiger partial charge in [-0.1, -0.05) is 30.3 Å². The Hall–Kier alpha value is -3.94. The van der Waals surface area contributed by atoms with Crippen LogP contribution in [0.4, 0.5) is 23.0 Å². The molecule has 2 fully saturated rings. The molecule has 8 nitrogen and oxygen atoms in total. The van der Waals surface area contributed by atoms with E-state index in [4.69, 9.17) is 10.5 Å². The summed E-state index contributed by atoms with van der Waals surface area (Å²) in [6, 6.07) is 17.2. The van der Waals surface area contributed by atoms with Gasteiger partial charge in [-0.15, -0.1) is 0 Å². The molecule has 0 aliphatic heterocycles. The molecule has 0 bridgehead atoms. The Labute approximate surface area is 204 Å². The quantitative estimate of drug-likeness (QED) is 0.446. The average Bonchev–Trinajstić information content (AvgIpc) is 2.81. The molecular weight excluding hydrogens is 442 g/mol. The van der Waals surface area contributed by atoms with Gasteiger partial charge in [0.25, 0.3) is 0 Å². The maximum absolute atomic E-state index is 12.8. The molecule has 1 aromatic carbocycles. The number of benzene rings is 1. The number of methoxy groups -OCH3 is 1. The number of amides is 1. The van der Waals surface area contributed by atoms with E-state index in [0.717, 1.165) is 36.9 Å². The predicted molar refractivity (Wildman–Crippen MR) is 135 cm³/mol. The fourth-order valence-corrected chi connectivity index (χ4v) is 5.28. The molecule has 2 aliphatic rings. The van der Waals surface area contributed by atoms with Crippen LogP contribution in [0.2, 0.25) is 0 Å². The lowest BCUT2D eigenvalue weighted by molar-refractivity contribution is -0.163. The van der Waals surface area contributed by atoms with Crippen molar-refractivity contribution in [2.75, 3.05) is 23.5 Å². The van der Waals surface area contributed by atoms with E-state index in [1.165, 1.54) is 7.11 Å². The van der Waals surface area contributed by atoms with E-state index in [9.17, 15) is 9.59 Å². The number of esters is 1. The van der Waals surface area contributed by atoms with Crippen LogP contribution in [0.15, 0.2) is 54.6 Å². The number of anilines is 4. The Kier molecular flexibility index (Phi) is 5.88. The molecule has 180 valence electrons. The summed E-state index contributed by atoms with van der Waals surface area (Å²) in [6.07, 6.45) is 3.29. The number of hydrogen-bond donors (Lipinski definition) is 3. The van der Waals surface area contributed by atoms with E-state index in [2.05, 4.69) is 20.6 Å². The van der Waals surface area contributed by atoms with Crippen molar-refractivity contribution in [3.05, 3.63) is 60.3 Å². The molecule has 2 saturated carbocycles. The molecular formula is C27H29N5O3. The zero-order valence-electron chi connectivity index (χ0n) is 19.9. The number of nitrogens with one attached hydrogen (secondary N) is 2. The third kappa shape index (κ3) is 4.56. The Balaban J connectivity index is 1.20. The maximum Gasteiger partial charge on any atom is 0.308 e. The molecule has 1 amide bonds. The monoisotopic (exact) mass is 471 g/mol. The van der Waals surface area contributed by atoms with Crippen LogP contribution in [-0.2, 0) is 14.3 Å². The lowest BCUT2D eigenvalue weighted by Gasteiger charge is -2.56. The fourth-order valence-electron chi connectivity index (χ4n) is 5.28. The zero-order chi connectivity index (χ0) is 24.6. The number of aryl methyl sites for hydroxylation is 1. The highest BCUT2D eigenvalue weighted by molar-refractivity contribution is 5.94. The lowest BCUT2D eigenvalue weighted by Crippen LogP contribution is -2.52. The molecule has 3 aromatic rings. The lowest BCUT2D eigenvalue weighted by atomic mass is 9.48. The van der Waals surface area contributed by atoms with Gasteiger partial charge in [-0.3, -0.25) is 9.59 Å². The number of carbonyl (C=O) groups excluding carboxylic acids is 2. The highest BCUT2D eigenvalue weighted by atomic mass is 16.5. The third-order valence-corrected chi connectivity index (χ3v) is 7.21. The van der Waals surface area contributed by atoms with Crippen molar-refractivity contribution in [1.82, 2.24) is 9.97 Å². The second kappa shape index (κ2) is 9.02. The first kappa shape index (κ1) is 22.8. The number of hydrogen-bond acceptors (Lipinski definition) is 7. The van der Waals surface area contributed by atoms with Gasteiger partial charge in [0.2, 0.25) is 5.91 Å². The molecule has 2 aromatic heterocycles. The first-order valence-corrected chi connectivity index (χ1v) is 11.8. The van der Waals surface area contributed by atoms with Crippen molar-refractivity contribution in [1.29, 1.82) is 0 Å². The van der Waals surface area contributed by atoms with Gasteiger partial charge < -0.3 is 21.1 Å². The van der Waals surface area contributed by atoms with Crippen molar-refractivity contribution in [2.24, 2.45) is 17.3 Å². The smallest absolute Gasteiger partial charge is 0.308 e. The maximum atomic E-state index is 12.8. The van der Waals surface area contributed by atoms with Crippen LogP contribution >= 0.6 is 0 Å². The van der Waals surface area contributed by atoms with Crippen LogP contribution in [0.5, 0.6) is 0 Å². The minimum atomic E-state index is -0.136. The second-order valence-corrected chi connectivity index (χ2v) is 9.68. The molecule has 4 N–H and O–H groups in total. The summed E-state index contributed by atoms with van der Waals surface area (Å²) in [5.41, 5.74) is 9.99. The molecule has 1 spiro atoms. The minimum absolute atomic E-state index is 0.00391. The predicted octanol–water partition coefficient (Wildman–Crippen LogP) is 4.70. The summed E-state index contributed by atoms with van der Waals surface area (Å²) in [4.78, 5) is 33.6. The number of carbonyl (C=O) groups is 2. The van der Waals surface area contributed by atoms with Crippen LogP contribution in [0.25, 0.3) is 11.3 Å². The van der Waals surface area contributed by atoms with E-state index in [1.807, 2.05) is 55.5 Å². The number of rotatable bonds is 6. The number of nitrogens with two attached hydrogens (primary N) is 1. The third-order valence-electron chi connectivity index (χ3n) is 7.21. The van der Waals surface area contributed by atoms with E-state index < -0.39 is 0 Å². The minimum Gasteiger partial charge on any atom is -0.469 e. The van der Waals surface area contributed by atoms with E-state index >= 15 is 0 Å². The van der Waals surface area contributed by atoms with Crippen LogP contribution in [-0.4, -0.2) is 29.0 Å². The summed E-state index contributed by atoms with van der Waals surface area (Å²) in [6.45, 7) is 1.85. The summed E-state index contributed by atoms with van der Waals surface area (Å²) in [5, 5.41) is 6.21. The summed E-state index contributed by atoms with van der Waals surface area (Å²) >= 11 is 0. The Bertz CT molecular complexity index is 1260. The summed E-state index contributed by atoms with van der Waals surface area (Å²) < 4.78 is 4.82. The first-order valence-electron chi connectivity index (χ1n) is 11.8. The summed E-state index contributed by atoms with van der Waals surface area (Å²) in [7, 11) is 1.43. The molecule has 0 unspecified atom stereocenters. The number of nitrogens with zero attached hydrogens (tertiary/aromatic N) is 2. The number of nitrogen functional groups attached to an aromatic ring is 1. The second-order valence-electron chi connectivity index (χ2n) is 9.68. The van der Waals surface area contributed by atoms with Crippen LogP contribution in [0.1, 0.15) is 31.4 Å². The van der Waals surface area contributed by atoms with E-state index in [0.29, 0.717) is 28.7 Å². The molecule has 0 saturated heterocycles. The van der Waals surface area contributed by atoms with Crippen LogP contribution in [0, 0.1) is 24.2 Å². The topological polar surface area (TPSA) is 119 Å². The molecule has 5 rings (SSSR count). The van der Waals surface area contributed by atoms with Gasteiger partial charge in [0.15, 0.2) is 5.82 Å². The standard InChI is InChI=1S/C27H29N5O3/c1-16-21(31-25(33)18-12-27(13-18)14-19(15-27)26(34)35-2)10-11-23(29-16)32-24-20(28)8-9-22(30-24)17-6-4-3-5-7-17/h3-11,18-19H,12-15,28H2,1-2H3,(H,31,33)(H,29,30,32). The van der Waals surface area contributed by atoms with Gasteiger partial charge in [-0.2, -0.15) is 0 Å². The van der Waals surface area contributed by atoms with Gasteiger partial charge in [0.05, 0.1) is 35.8 Å². The average molecular weight is 472 g/mol. The van der Waals surface area contributed by atoms with Gasteiger partial charge >= 0.3 is 5.97 Å². The fraction of sp³-hybridized carbons (Fsp3) is 0.333. The number of ether oxygens (including phenoxy) is 1. The van der Waals surface area contributed by atoms with E-state index in [1.54, 1.807) is 6.07 Å². The highest BCUT2D eigenvalue weighted by Gasteiger charge is 2.56. The molecule has 35 heavy (non-hydrogen) atoms.